The van der Waals surface area contributed by atoms with Crippen LogP contribution in [0.3, 0.4) is 0 Å². The molecule has 2 atom stereocenters. The van der Waals surface area contributed by atoms with Gasteiger partial charge in [-0.15, -0.1) is 0 Å². The lowest BCUT2D eigenvalue weighted by Gasteiger charge is -2.30. The molecular formula is C15H20N4. The summed E-state index contributed by atoms with van der Waals surface area (Å²) in [5.41, 5.74) is 3.44. The number of nitriles is 1. The number of piperidine rings is 1. The van der Waals surface area contributed by atoms with E-state index in [-0.39, 0.29) is 0 Å². The van der Waals surface area contributed by atoms with Gasteiger partial charge < -0.3 is 10.6 Å². The van der Waals surface area contributed by atoms with Crippen molar-refractivity contribution in [2.45, 2.75) is 57.7 Å². The Morgan fingerprint density at radius 3 is 2.63 bits per heavy atom. The highest BCUT2D eigenvalue weighted by Crippen LogP contribution is 2.30. The standard InChI is InChI=1S/C15H20N4/c1-9-5-15(14(8-16)10(2)17-9)19-13-6-11-3-4-12(7-13)18-11/h5,11-13,18H,3-4,6-7H2,1-2H3,(H,17,19). The number of pyridine rings is 1. The Labute approximate surface area is 114 Å². The topological polar surface area (TPSA) is 60.7 Å². The lowest BCUT2D eigenvalue weighted by Crippen LogP contribution is -2.43. The molecule has 100 valence electrons. The summed E-state index contributed by atoms with van der Waals surface area (Å²) in [4.78, 5) is 4.37. The Morgan fingerprint density at radius 1 is 1.32 bits per heavy atom. The molecule has 0 saturated carbocycles. The molecule has 3 heterocycles. The van der Waals surface area contributed by atoms with E-state index in [4.69, 9.17) is 0 Å². The zero-order valence-electron chi connectivity index (χ0n) is 11.5. The molecule has 3 rings (SSSR count). The lowest BCUT2D eigenvalue weighted by molar-refractivity contribution is 0.378. The molecule has 0 aliphatic carbocycles. The second-order valence-electron chi connectivity index (χ2n) is 5.83. The van der Waals surface area contributed by atoms with Crippen LogP contribution in [-0.2, 0) is 0 Å². The summed E-state index contributed by atoms with van der Waals surface area (Å²) in [5, 5.41) is 16.5. The van der Waals surface area contributed by atoms with Crippen molar-refractivity contribution in [2.24, 2.45) is 0 Å². The molecular weight excluding hydrogens is 236 g/mol. The van der Waals surface area contributed by atoms with E-state index in [9.17, 15) is 5.26 Å². The van der Waals surface area contributed by atoms with Gasteiger partial charge in [-0.2, -0.15) is 5.26 Å². The van der Waals surface area contributed by atoms with Gasteiger partial charge in [0.25, 0.3) is 0 Å². The largest absolute Gasteiger partial charge is 0.381 e. The van der Waals surface area contributed by atoms with Crippen molar-refractivity contribution >= 4 is 5.69 Å². The Bertz CT molecular complexity index is 520. The molecule has 0 amide bonds. The van der Waals surface area contributed by atoms with Gasteiger partial charge in [0.05, 0.1) is 16.9 Å². The van der Waals surface area contributed by atoms with E-state index in [0.717, 1.165) is 29.9 Å². The summed E-state index contributed by atoms with van der Waals surface area (Å²) in [6, 6.07) is 6.07. The first-order chi connectivity index (χ1) is 9.15. The van der Waals surface area contributed by atoms with Gasteiger partial charge in [0.15, 0.2) is 0 Å². The average molecular weight is 256 g/mol. The van der Waals surface area contributed by atoms with Gasteiger partial charge >= 0.3 is 0 Å². The third kappa shape index (κ3) is 2.43. The minimum absolute atomic E-state index is 0.479. The summed E-state index contributed by atoms with van der Waals surface area (Å²) < 4.78 is 0. The minimum atomic E-state index is 0.479. The highest BCUT2D eigenvalue weighted by atomic mass is 15.0. The molecule has 2 bridgehead atoms. The van der Waals surface area contributed by atoms with Crippen molar-refractivity contribution in [1.82, 2.24) is 10.3 Å². The van der Waals surface area contributed by atoms with Crippen molar-refractivity contribution in [3.63, 3.8) is 0 Å². The summed E-state index contributed by atoms with van der Waals surface area (Å²) in [7, 11) is 0. The highest BCUT2D eigenvalue weighted by Gasteiger charge is 2.33. The van der Waals surface area contributed by atoms with E-state index in [0.29, 0.717) is 23.7 Å². The van der Waals surface area contributed by atoms with Crippen LogP contribution in [-0.4, -0.2) is 23.1 Å². The van der Waals surface area contributed by atoms with E-state index < -0.39 is 0 Å². The molecule has 4 heteroatoms. The van der Waals surface area contributed by atoms with Crippen molar-refractivity contribution in [2.75, 3.05) is 5.32 Å². The van der Waals surface area contributed by atoms with Crippen LogP contribution in [0.25, 0.3) is 0 Å². The van der Waals surface area contributed by atoms with Gasteiger partial charge in [-0.3, -0.25) is 4.98 Å². The number of fused-ring (bicyclic) bond motifs is 2. The smallest absolute Gasteiger partial charge is 0.103 e. The molecule has 19 heavy (non-hydrogen) atoms. The first-order valence-corrected chi connectivity index (χ1v) is 7.06. The van der Waals surface area contributed by atoms with Gasteiger partial charge in [-0.05, 0) is 45.6 Å². The average Bonchev–Trinajstić information content (AvgIpc) is 2.68. The molecule has 0 spiro atoms. The highest BCUT2D eigenvalue weighted by molar-refractivity contribution is 5.60. The van der Waals surface area contributed by atoms with Gasteiger partial charge in [0.1, 0.15) is 6.07 Å². The van der Waals surface area contributed by atoms with E-state index in [1.54, 1.807) is 0 Å². The maximum absolute atomic E-state index is 9.29. The van der Waals surface area contributed by atoms with Crippen molar-refractivity contribution in [3.8, 4) is 6.07 Å². The lowest BCUT2D eigenvalue weighted by atomic mass is 9.99. The van der Waals surface area contributed by atoms with E-state index in [1.165, 1.54) is 12.8 Å². The second-order valence-corrected chi connectivity index (χ2v) is 5.83. The van der Waals surface area contributed by atoms with Crippen LogP contribution in [0, 0.1) is 25.2 Å². The molecule has 2 fully saturated rings. The SMILES string of the molecule is Cc1cc(NC2CC3CCC(C2)N3)c(C#N)c(C)n1. The number of hydrogen-bond acceptors (Lipinski definition) is 4. The molecule has 1 aromatic rings. The van der Waals surface area contributed by atoms with Gasteiger partial charge in [-0.1, -0.05) is 0 Å². The fourth-order valence-electron chi connectivity index (χ4n) is 3.48. The molecule has 4 nitrogen and oxygen atoms in total. The molecule has 2 aliphatic heterocycles. The van der Waals surface area contributed by atoms with Crippen LogP contribution in [0.15, 0.2) is 6.07 Å². The van der Waals surface area contributed by atoms with Gasteiger partial charge in [0, 0.05) is 23.8 Å². The van der Waals surface area contributed by atoms with Crippen LogP contribution in [0.2, 0.25) is 0 Å². The Kier molecular flexibility index (Phi) is 3.16. The fourth-order valence-corrected chi connectivity index (χ4v) is 3.48. The van der Waals surface area contributed by atoms with Crippen LogP contribution >= 0.6 is 0 Å². The quantitative estimate of drug-likeness (QED) is 0.852. The number of nitrogens with one attached hydrogen (secondary N) is 2. The summed E-state index contributed by atoms with van der Waals surface area (Å²) in [6.45, 7) is 3.88. The predicted molar refractivity (Wildman–Crippen MR) is 75.0 cm³/mol. The summed E-state index contributed by atoms with van der Waals surface area (Å²) in [6.07, 6.45) is 4.90. The van der Waals surface area contributed by atoms with Crippen LogP contribution in [0.4, 0.5) is 5.69 Å². The predicted octanol–water partition coefficient (Wildman–Crippen LogP) is 2.27. The molecule has 2 aliphatic rings. The summed E-state index contributed by atoms with van der Waals surface area (Å²) >= 11 is 0. The Hall–Kier alpha value is -1.60. The normalized spacial score (nSPS) is 29.0. The van der Waals surface area contributed by atoms with Crippen LogP contribution in [0.5, 0.6) is 0 Å². The zero-order chi connectivity index (χ0) is 13.4. The fraction of sp³-hybridized carbons (Fsp3) is 0.600. The first kappa shape index (κ1) is 12.4. The van der Waals surface area contributed by atoms with Crippen molar-refractivity contribution < 1.29 is 0 Å². The molecule has 1 aromatic heterocycles. The van der Waals surface area contributed by atoms with Gasteiger partial charge in [0.2, 0.25) is 0 Å². The maximum Gasteiger partial charge on any atom is 0.103 e. The third-order valence-electron chi connectivity index (χ3n) is 4.27. The van der Waals surface area contributed by atoms with E-state index in [1.807, 2.05) is 19.9 Å². The van der Waals surface area contributed by atoms with Gasteiger partial charge in [-0.25, -0.2) is 0 Å². The number of aryl methyl sites for hydroxylation is 2. The Balaban J connectivity index is 1.82. The number of anilines is 1. The number of rotatable bonds is 2. The molecule has 2 unspecified atom stereocenters. The second kappa shape index (κ2) is 4.82. The Morgan fingerprint density at radius 2 is 2.00 bits per heavy atom. The molecule has 2 saturated heterocycles. The number of nitrogens with zero attached hydrogens (tertiary/aromatic N) is 2. The number of hydrogen-bond donors (Lipinski definition) is 2. The molecule has 0 radical (unpaired) electrons. The molecule has 2 N–H and O–H groups in total. The third-order valence-corrected chi connectivity index (χ3v) is 4.27. The van der Waals surface area contributed by atoms with Crippen molar-refractivity contribution in [1.29, 1.82) is 5.26 Å². The van der Waals surface area contributed by atoms with Crippen LogP contribution in [0.1, 0.15) is 42.6 Å². The van der Waals surface area contributed by atoms with Crippen LogP contribution < -0.4 is 10.6 Å². The monoisotopic (exact) mass is 256 g/mol. The molecule has 0 aromatic carbocycles. The van der Waals surface area contributed by atoms with E-state index in [2.05, 4.69) is 21.7 Å². The minimum Gasteiger partial charge on any atom is -0.381 e. The number of aromatic nitrogens is 1. The zero-order valence-corrected chi connectivity index (χ0v) is 11.5. The first-order valence-electron chi connectivity index (χ1n) is 7.06. The maximum atomic E-state index is 9.29. The van der Waals surface area contributed by atoms with Crippen molar-refractivity contribution in [3.05, 3.63) is 23.0 Å². The van der Waals surface area contributed by atoms with E-state index >= 15 is 0 Å². The summed E-state index contributed by atoms with van der Waals surface area (Å²) in [5.74, 6) is 0.